The fraction of sp³-hybridized carbons (Fsp3) is 0.786. The quantitative estimate of drug-likeness (QED) is 0.748. The van der Waals surface area contributed by atoms with Crippen molar-refractivity contribution < 1.29 is 5.11 Å². The molecule has 0 aliphatic heterocycles. The predicted octanol–water partition coefficient (Wildman–Crippen LogP) is 0.866. The summed E-state index contributed by atoms with van der Waals surface area (Å²) in [5, 5.41) is 12.6. The summed E-state index contributed by atoms with van der Waals surface area (Å²) in [5.74, 6) is 0.494. The van der Waals surface area contributed by atoms with E-state index in [2.05, 4.69) is 15.3 Å². The number of aliphatic hydroxyl groups is 1. The van der Waals surface area contributed by atoms with Crippen LogP contribution in [-0.2, 0) is 0 Å². The Morgan fingerprint density at radius 1 is 1.33 bits per heavy atom. The molecule has 0 bridgehead atoms. The number of aromatic amines is 1. The van der Waals surface area contributed by atoms with Crippen LogP contribution in [0.1, 0.15) is 52.0 Å². The van der Waals surface area contributed by atoms with Gasteiger partial charge in [0.2, 0.25) is 5.95 Å². The van der Waals surface area contributed by atoms with Gasteiger partial charge in [0, 0.05) is 6.04 Å². The summed E-state index contributed by atoms with van der Waals surface area (Å²) >= 11 is 0. The standard InChI is InChI=1S/C14H24N4O3/c1-9(2)18-13(20)16-12(17-14(18)21)15-11(8-19)10-6-4-3-5-7-10/h9-11,19H,3-8H2,1-2H3,(H2,15,16,17,20,21). The normalized spacial score (nSPS) is 17.9. The topological polar surface area (TPSA) is 100 Å². The fourth-order valence-corrected chi connectivity index (χ4v) is 2.97. The van der Waals surface area contributed by atoms with Crippen molar-refractivity contribution in [2.75, 3.05) is 11.9 Å². The average molecular weight is 296 g/mol. The zero-order valence-electron chi connectivity index (χ0n) is 12.6. The Kier molecular flexibility index (Phi) is 5.17. The minimum atomic E-state index is -0.573. The second-order valence-electron chi connectivity index (χ2n) is 5.97. The van der Waals surface area contributed by atoms with Gasteiger partial charge in [-0.15, -0.1) is 0 Å². The lowest BCUT2D eigenvalue weighted by atomic mass is 9.84. The largest absolute Gasteiger partial charge is 0.394 e. The summed E-state index contributed by atoms with van der Waals surface area (Å²) in [7, 11) is 0. The molecule has 1 heterocycles. The Morgan fingerprint density at radius 2 is 2.00 bits per heavy atom. The Bertz CT molecular complexity index is 541. The summed E-state index contributed by atoms with van der Waals surface area (Å²) in [4.78, 5) is 30.2. The Hall–Kier alpha value is -1.63. The average Bonchev–Trinajstić information content (AvgIpc) is 2.44. The minimum absolute atomic E-state index is 0.0400. The number of aromatic nitrogens is 3. The van der Waals surface area contributed by atoms with Crippen LogP contribution in [-0.4, -0.2) is 32.3 Å². The molecule has 0 radical (unpaired) electrons. The molecule has 7 heteroatoms. The Labute approximate surface area is 123 Å². The zero-order valence-corrected chi connectivity index (χ0v) is 12.6. The van der Waals surface area contributed by atoms with Gasteiger partial charge >= 0.3 is 11.4 Å². The van der Waals surface area contributed by atoms with Crippen molar-refractivity contribution in [1.82, 2.24) is 14.5 Å². The highest BCUT2D eigenvalue weighted by Crippen LogP contribution is 2.27. The summed E-state index contributed by atoms with van der Waals surface area (Å²) in [6, 6.07) is -0.419. The first-order chi connectivity index (χ1) is 10.0. The van der Waals surface area contributed by atoms with Gasteiger partial charge in [-0.25, -0.2) is 14.2 Å². The first-order valence-corrected chi connectivity index (χ1v) is 7.63. The summed E-state index contributed by atoms with van der Waals surface area (Å²) in [6.07, 6.45) is 5.63. The second kappa shape index (κ2) is 6.89. The third-order valence-corrected chi connectivity index (χ3v) is 4.11. The van der Waals surface area contributed by atoms with Gasteiger partial charge in [0.05, 0.1) is 12.6 Å². The maximum Gasteiger partial charge on any atom is 0.355 e. The molecular formula is C14H24N4O3. The van der Waals surface area contributed by atoms with Gasteiger partial charge in [-0.3, -0.25) is 4.98 Å². The first kappa shape index (κ1) is 15.8. The van der Waals surface area contributed by atoms with Crippen molar-refractivity contribution in [3.63, 3.8) is 0 Å². The van der Waals surface area contributed by atoms with E-state index in [1.807, 2.05) is 0 Å². The summed E-state index contributed by atoms with van der Waals surface area (Å²) in [6.45, 7) is 3.47. The van der Waals surface area contributed by atoms with Crippen LogP contribution in [0.15, 0.2) is 9.59 Å². The molecule has 3 N–H and O–H groups in total. The number of H-pyrrole nitrogens is 1. The second-order valence-corrected chi connectivity index (χ2v) is 5.97. The van der Waals surface area contributed by atoms with Crippen molar-refractivity contribution in [2.45, 2.75) is 58.0 Å². The van der Waals surface area contributed by atoms with Crippen molar-refractivity contribution in [3.05, 3.63) is 21.0 Å². The number of nitrogens with one attached hydrogen (secondary N) is 2. The van der Waals surface area contributed by atoms with Crippen LogP contribution in [0.2, 0.25) is 0 Å². The molecule has 21 heavy (non-hydrogen) atoms. The Morgan fingerprint density at radius 3 is 2.52 bits per heavy atom. The highest BCUT2D eigenvalue weighted by Gasteiger charge is 2.24. The predicted molar refractivity (Wildman–Crippen MR) is 80.6 cm³/mol. The van der Waals surface area contributed by atoms with Crippen LogP contribution < -0.4 is 16.7 Å². The number of rotatable bonds is 5. The smallest absolute Gasteiger partial charge is 0.355 e. The molecule has 1 unspecified atom stereocenters. The monoisotopic (exact) mass is 296 g/mol. The minimum Gasteiger partial charge on any atom is -0.394 e. The maximum absolute atomic E-state index is 11.9. The van der Waals surface area contributed by atoms with Gasteiger partial charge in [0.15, 0.2) is 0 Å². The van der Waals surface area contributed by atoms with E-state index in [-0.39, 0.29) is 24.6 Å². The molecule has 7 nitrogen and oxygen atoms in total. The highest BCUT2D eigenvalue weighted by molar-refractivity contribution is 5.24. The van der Waals surface area contributed by atoms with Gasteiger partial charge in [0.1, 0.15) is 0 Å². The van der Waals surface area contributed by atoms with Crippen LogP contribution in [0.3, 0.4) is 0 Å². The van der Waals surface area contributed by atoms with E-state index in [0.29, 0.717) is 5.92 Å². The third kappa shape index (κ3) is 3.72. The van der Waals surface area contributed by atoms with Gasteiger partial charge < -0.3 is 10.4 Å². The molecule has 1 fully saturated rings. The highest BCUT2D eigenvalue weighted by atomic mass is 16.3. The molecule has 0 aromatic carbocycles. The van der Waals surface area contributed by atoms with Crippen LogP contribution in [0.25, 0.3) is 0 Å². The van der Waals surface area contributed by atoms with E-state index in [0.717, 1.165) is 30.3 Å². The number of hydrogen-bond acceptors (Lipinski definition) is 5. The van der Waals surface area contributed by atoms with Crippen LogP contribution in [0, 0.1) is 5.92 Å². The van der Waals surface area contributed by atoms with E-state index in [1.54, 1.807) is 13.8 Å². The molecule has 1 saturated carbocycles. The first-order valence-electron chi connectivity index (χ1n) is 7.63. The number of aliphatic hydroxyl groups excluding tert-OH is 1. The lowest BCUT2D eigenvalue weighted by Crippen LogP contribution is -2.41. The van der Waals surface area contributed by atoms with Crippen LogP contribution in [0.4, 0.5) is 5.95 Å². The van der Waals surface area contributed by atoms with Crippen LogP contribution >= 0.6 is 0 Å². The molecule has 1 aromatic rings. The van der Waals surface area contributed by atoms with Gasteiger partial charge in [0.25, 0.3) is 0 Å². The van der Waals surface area contributed by atoms with Gasteiger partial charge in [-0.2, -0.15) is 4.98 Å². The van der Waals surface area contributed by atoms with Crippen LogP contribution in [0.5, 0.6) is 0 Å². The molecule has 0 saturated heterocycles. The van der Waals surface area contributed by atoms with Crippen molar-refractivity contribution in [3.8, 4) is 0 Å². The zero-order chi connectivity index (χ0) is 15.4. The third-order valence-electron chi connectivity index (χ3n) is 4.11. The van der Waals surface area contributed by atoms with E-state index < -0.39 is 11.4 Å². The van der Waals surface area contributed by atoms with Crippen molar-refractivity contribution in [1.29, 1.82) is 0 Å². The molecule has 1 aromatic heterocycles. The van der Waals surface area contributed by atoms with E-state index in [1.165, 1.54) is 6.42 Å². The van der Waals surface area contributed by atoms with E-state index in [4.69, 9.17) is 0 Å². The molecule has 1 aliphatic carbocycles. The van der Waals surface area contributed by atoms with Crippen molar-refractivity contribution >= 4 is 5.95 Å². The molecular weight excluding hydrogens is 272 g/mol. The summed E-state index contributed by atoms with van der Waals surface area (Å²) in [5.41, 5.74) is -1.05. The fourth-order valence-electron chi connectivity index (χ4n) is 2.97. The number of hydrogen-bond donors (Lipinski definition) is 3. The molecule has 0 spiro atoms. The van der Waals surface area contributed by atoms with E-state index >= 15 is 0 Å². The Balaban J connectivity index is 2.18. The lowest BCUT2D eigenvalue weighted by Gasteiger charge is -2.29. The van der Waals surface area contributed by atoms with Gasteiger partial charge in [-0.05, 0) is 32.6 Å². The molecule has 118 valence electrons. The number of nitrogens with zero attached hydrogens (tertiary/aromatic N) is 2. The maximum atomic E-state index is 11.9. The molecule has 2 rings (SSSR count). The lowest BCUT2D eigenvalue weighted by molar-refractivity contribution is 0.209. The summed E-state index contributed by atoms with van der Waals surface area (Å²) < 4.78 is 1.07. The van der Waals surface area contributed by atoms with E-state index in [9.17, 15) is 14.7 Å². The molecule has 1 atom stereocenters. The molecule has 1 aliphatic rings. The number of anilines is 1. The SMILES string of the molecule is CC(C)n1c(=O)nc(NC(CO)C2CCCCC2)[nH]c1=O. The van der Waals surface area contributed by atoms with Gasteiger partial charge in [-0.1, -0.05) is 19.3 Å². The molecule has 0 amide bonds. The van der Waals surface area contributed by atoms with Crippen molar-refractivity contribution in [2.24, 2.45) is 5.92 Å².